The van der Waals surface area contributed by atoms with Gasteiger partial charge in [-0.25, -0.2) is 0 Å². The lowest BCUT2D eigenvalue weighted by molar-refractivity contribution is 0.341. The van der Waals surface area contributed by atoms with Gasteiger partial charge in [0.1, 0.15) is 0 Å². The van der Waals surface area contributed by atoms with Crippen LogP contribution in [0.3, 0.4) is 0 Å². The SMILES string of the molecule is CCCNC(c1ccc(Br)cc1Cl)C(CC)CC. The standard InChI is InChI=1S/C15H23BrClN/c1-4-9-18-15(11(5-2)6-3)13-8-7-12(16)10-14(13)17/h7-8,10-11,15,18H,4-6,9H2,1-3H3. The number of nitrogens with one attached hydrogen (secondary N) is 1. The van der Waals surface area contributed by atoms with Gasteiger partial charge in [0, 0.05) is 15.5 Å². The van der Waals surface area contributed by atoms with Crippen molar-refractivity contribution < 1.29 is 0 Å². The Kier molecular flexibility index (Phi) is 7.28. The van der Waals surface area contributed by atoms with Gasteiger partial charge >= 0.3 is 0 Å². The molecule has 18 heavy (non-hydrogen) atoms. The first kappa shape index (κ1) is 16.0. The van der Waals surface area contributed by atoms with E-state index in [0.717, 1.165) is 22.5 Å². The number of rotatable bonds is 7. The van der Waals surface area contributed by atoms with Crippen LogP contribution in [0.25, 0.3) is 0 Å². The molecule has 1 nitrogen and oxygen atoms in total. The van der Waals surface area contributed by atoms with Crippen LogP contribution in [0.2, 0.25) is 5.02 Å². The number of halogens is 2. The van der Waals surface area contributed by atoms with Crippen molar-refractivity contribution in [1.82, 2.24) is 5.32 Å². The fourth-order valence-electron chi connectivity index (χ4n) is 2.34. The summed E-state index contributed by atoms with van der Waals surface area (Å²) < 4.78 is 1.04. The summed E-state index contributed by atoms with van der Waals surface area (Å²) in [7, 11) is 0. The lowest BCUT2D eigenvalue weighted by Gasteiger charge is -2.28. The molecule has 0 aliphatic rings. The van der Waals surface area contributed by atoms with E-state index in [1.807, 2.05) is 6.07 Å². The van der Waals surface area contributed by atoms with Crippen molar-refractivity contribution in [2.24, 2.45) is 5.92 Å². The molecule has 0 aliphatic heterocycles. The molecule has 0 amide bonds. The molecule has 0 fully saturated rings. The first-order valence-corrected chi connectivity index (χ1v) is 7.99. The van der Waals surface area contributed by atoms with Crippen molar-refractivity contribution in [3.05, 3.63) is 33.3 Å². The Morgan fingerprint density at radius 3 is 2.39 bits per heavy atom. The van der Waals surface area contributed by atoms with E-state index in [1.165, 1.54) is 18.4 Å². The van der Waals surface area contributed by atoms with Crippen LogP contribution in [-0.2, 0) is 0 Å². The highest BCUT2D eigenvalue weighted by atomic mass is 79.9. The van der Waals surface area contributed by atoms with Gasteiger partial charge in [0.05, 0.1) is 0 Å². The van der Waals surface area contributed by atoms with Crippen LogP contribution in [0.1, 0.15) is 51.6 Å². The smallest absolute Gasteiger partial charge is 0.0465 e. The van der Waals surface area contributed by atoms with Crippen LogP contribution in [0, 0.1) is 5.92 Å². The van der Waals surface area contributed by atoms with Gasteiger partial charge in [-0.2, -0.15) is 0 Å². The second kappa shape index (κ2) is 8.19. The second-order valence-electron chi connectivity index (χ2n) is 4.67. The second-order valence-corrected chi connectivity index (χ2v) is 6.00. The summed E-state index contributed by atoms with van der Waals surface area (Å²) in [6, 6.07) is 6.56. The van der Waals surface area contributed by atoms with Gasteiger partial charge < -0.3 is 5.32 Å². The van der Waals surface area contributed by atoms with Gasteiger partial charge in [-0.1, -0.05) is 67.2 Å². The molecule has 1 aromatic rings. The molecule has 0 aliphatic carbocycles. The van der Waals surface area contributed by atoms with Crippen molar-refractivity contribution >= 4 is 27.5 Å². The van der Waals surface area contributed by atoms with Crippen molar-refractivity contribution in [3.8, 4) is 0 Å². The summed E-state index contributed by atoms with van der Waals surface area (Å²) in [5, 5.41) is 4.50. The highest BCUT2D eigenvalue weighted by Crippen LogP contribution is 2.33. The topological polar surface area (TPSA) is 12.0 Å². The molecule has 1 aromatic carbocycles. The number of hydrogen-bond donors (Lipinski definition) is 1. The number of hydrogen-bond acceptors (Lipinski definition) is 1. The molecule has 0 spiro atoms. The third-order valence-corrected chi connectivity index (χ3v) is 4.25. The zero-order chi connectivity index (χ0) is 13.5. The minimum atomic E-state index is 0.362. The van der Waals surface area contributed by atoms with Crippen LogP contribution in [0.15, 0.2) is 22.7 Å². The first-order chi connectivity index (χ1) is 8.63. The molecule has 0 saturated heterocycles. The minimum absolute atomic E-state index is 0.362. The molecule has 1 atom stereocenters. The van der Waals surface area contributed by atoms with Crippen LogP contribution in [0.5, 0.6) is 0 Å². The minimum Gasteiger partial charge on any atom is -0.310 e. The first-order valence-electron chi connectivity index (χ1n) is 6.82. The number of benzene rings is 1. The van der Waals surface area contributed by atoms with E-state index >= 15 is 0 Å². The van der Waals surface area contributed by atoms with Gasteiger partial charge in [-0.3, -0.25) is 0 Å². The van der Waals surface area contributed by atoms with E-state index in [0.29, 0.717) is 12.0 Å². The third kappa shape index (κ3) is 4.25. The van der Waals surface area contributed by atoms with Crippen LogP contribution in [0.4, 0.5) is 0 Å². The lowest BCUT2D eigenvalue weighted by atomic mass is 9.88. The zero-order valence-corrected chi connectivity index (χ0v) is 13.8. The molecule has 0 heterocycles. The Balaban J connectivity index is 3.00. The van der Waals surface area contributed by atoms with E-state index in [1.54, 1.807) is 0 Å². The molecule has 3 heteroatoms. The predicted octanol–water partition coefficient (Wildman–Crippen LogP) is 5.58. The quantitative estimate of drug-likeness (QED) is 0.687. The van der Waals surface area contributed by atoms with E-state index in [9.17, 15) is 0 Å². The van der Waals surface area contributed by atoms with Crippen LogP contribution >= 0.6 is 27.5 Å². The van der Waals surface area contributed by atoms with E-state index in [2.05, 4.69) is 54.2 Å². The molecular weight excluding hydrogens is 310 g/mol. The van der Waals surface area contributed by atoms with Crippen LogP contribution in [-0.4, -0.2) is 6.54 Å². The summed E-state index contributed by atoms with van der Waals surface area (Å²) in [4.78, 5) is 0. The maximum absolute atomic E-state index is 6.39. The van der Waals surface area contributed by atoms with Crippen molar-refractivity contribution in [2.45, 2.75) is 46.1 Å². The molecule has 1 N–H and O–H groups in total. The van der Waals surface area contributed by atoms with Gasteiger partial charge in [-0.15, -0.1) is 0 Å². The molecule has 1 unspecified atom stereocenters. The van der Waals surface area contributed by atoms with Gasteiger partial charge in [0.2, 0.25) is 0 Å². The van der Waals surface area contributed by atoms with Crippen molar-refractivity contribution in [2.75, 3.05) is 6.54 Å². The summed E-state index contributed by atoms with van der Waals surface area (Å²) in [5.41, 5.74) is 1.22. The molecular formula is C15H23BrClN. The van der Waals surface area contributed by atoms with Crippen molar-refractivity contribution in [1.29, 1.82) is 0 Å². The monoisotopic (exact) mass is 331 g/mol. The normalized spacial score (nSPS) is 13.0. The maximum Gasteiger partial charge on any atom is 0.0465 e. The third-order valence-electron chi connectivity index (χ3n) is 3.43. The highest BCUT2D eigenvalue weighted by molar-refractivity contribution is 9.10. The summed E-state index contributed by atoms with van der Waals surface area (Å²) >= 11 is 9.86. The molecule has 0 aromatic heterocycles. The Bertz CT molecular complexity index is 364. The molecule has 0 saturated carbocycles. The van der Waals surface area contributed by atoms with Gasteiger partial charge in [-0.05, 0) is 36.6 Å². The molecule has 1 rings (SSSR count). The summed E-state index contributed by atoms with van der Waals surface area (Å²) in [6.45, 7) is 7.73. The molecule has 102 valence electrons. The largest absolute Gasteiger partial charge is 0.310 e. The lowest BCUT2D eigenvalue weighted by Crippen LogP contribution is -2.28. The van der Waals surface area contributed by atoms with E-state index in [4.69, 9.17) is 11.6 Å². The van der Waals surface area contributed by atoms with Crippen LogP contribution < -0.4 is 5.32 Å². The van der Waals surface area contributed by atoms with E-state index in [-0.39, 0.29) is 0 Å². The Hall–Kier alpha value is -0.0500. The average molecular weight is 333 g/mol. The summed E-state index contributed by atoms with van der Waals surface area (Å²) in [5.74, 6) is 0.634. The fourth-order valence-corrected chi connectivity index (χ4v) is 3.14. The molecule has 0 radical (unpaired) electrons. The van der Waals surface area contributed by atoms with E-state index < -0.39 is 0 Å². The highest BCUT2D eigenvalue weighted by Gasteiger charge is 2.21. The zero-order valence-electron chi connectivity index (χ0n) is 11.5. The molecule has 0 bridgehead atoms. The Morgan fingerprint density at radius 2 is 1.89 bits per heavy atom. The summed E-state index contributed by atoms with van der Waals surface area (Å²) in [6.07, 6.45) is 3.49. The Labute approximate surface area is 124 Å². The predicted molar refractivity (Wildman–Crippen MR) is 84.3 cm³/mol. The fraction of sp³-hybridized carbons (Fsp3) is 0.600. The van der Waals surface area contributed by atoms with Gasteiger partial charge in [0.25, 0.3) is 0 Å². The maximum atomic E-state index is 6.39. The van der Waals surface area contributed by atoms with Gasteiger partial charge in [0.15, 0.2) is 0 Å². The Morgan fingerprint density at radius 1 is 1.22 bits per heavy atom. The average Bonchev–Trinajstić information content (AvgIpc) is 2.35. The van der Waals surface area contributed by atoms with Crippen molar-refractivity contribution in [3.63, 3.8) is 0 Å².